The van der Waals surface area contributed by atoms with E-state index >= 15 is 0 Å². The molecule has 5 nitrogen and oxygen atoms in total. The first kappa shape index (κ1) is 14.8. The van der Waals surface area contributed by atoms with Crippen molar-refractivity contribution in [2.24, 2.45) is 0 Å². The molecule has 0 aliphatic rings. The number of carbonyl (C=O) groups excluding carboxylic acids is 1. The summed E-state index contributed by atoms with van der Waals surface area (Å²) in [7, 11) is 1.33. The number of carbonyl (C=O) groups is 1. The first-order chi connectivity index (χ1) is 11.1. The van der Waals surface area contributed by atoms with E-state index in [0.717, 1.165) is 5.56 Å². The fourth-order valence-electron chi connectivity index (χ4n) is 2.38. The maximum Gasteiger partial charge on any atom is 0.337 e. The fraction of sp³-hybridized carbons (Fsp3) is 0.111. The Hall–Kier alpha value is -3.08. The molecular weight excluding hydrogens is 296 g/mol. The monoisotopic (exact) mass is 310 g/mol. The zero-order chi connectivity index (χ0) is 16.4. The molecule has 0 saturated heterocycles. The molecule has 0 radical (unpaired) electrons. The lowest BCUT2D eigenvalue weighted by Gasteiger charge is -2.04. The topological polar surface area (TPSA) is 76.7 Å². The number of fused-ring (bicyclic) bond motifs is 1. The first-order valence-electron chi connectivity index (χ1n) is 6.99. The lowest BCUT2D eigenvalue weighted by Crippen LogP contribution is -2.09. The van der Waals surface area contributed by atoms with Crippen molar-refractivity contribution in [1.82, 2.24) is 0 Å². The SMILES string of the molecule is COC(=O)c1ccc(Cc2coc3cc(O)ccc3c2=O)cc1. The summed E-state index contributed by atoms with van der Waals surface area (Å²) in [4.78, 5) is 23.9. The standard InChI is InChI=1S/C18H14O5/c1-22-18(21)12-4-2-11(3-5-12)8-13-10-23-16-9-14(19)6-7-15(16)17(13)20/h2-7,9-10,19H,8H2,1H3. The molecule has 2 aromatic carbocycles. The molecule has 0 unspecified atom stereocenters. The zero-order valence-electron chi connectivity index (χ0n) is 12.4. The van der Waals surface area contributed by atoms with Crippen LogP contribution in [0, 0.1) is 0 Å². The molecule has 0 atom stereocenters. The molecule has 0 saturated carbocycles. The van der Waals surface area contributed by atoms with Crippen LogP contribution in [0.25, 0.3) is 11.0 Å². The largest absolute Gasteiger partial charge is 0.508 e. The van der Waals surface area contributed by atoms with E-state index in [1.54, 1.807) is 30.3 Å². The third-order valence-electron chi connectivity index (χ3n) is 3.60. The highest BCUT2D eigenvalue weighted by molar-refractivity contribution is 5.89. The van der Waals surface area contributed by atoms with Gasteiger partial charge in [0.15, 0.2) is 5.43 Å². The number of methoxy groups -OCH3 is 1. The van der Waals surface area contributed by atoms with Gasteiger partial charge in [-0.3, -0.25) is 4.79 Å². The van der Waals surface area contributed by atoms with E-state index < -0.39 is 5.97 Å². The van der Waals surface area contributed by atoms with Gasteiger partial charge in [-0.15, -0.1) is 0 Å². The molecule has 3 aromatic rings. The summed E-state index contributed by atoms with van der Waals surface area (Å²) in [6, 6.07) is 11.3. The summed E-state index contributed by atoms with van der Waals surface area (Å²) in [5, 5.41) is 9.84. The Morgan fingerprint density at radius 3 is 2.61 bits per heavy atom. The van der Waals surface area contributed by atoms with E-state index in [9.17, 15) is 14.7 Å². The van der Waals surface area contributed by atoms with Gasteiger partial charge in [-0.25, -0.2) is 4.79 Å². The van der Waals surface area contributed by atoms with E-state index in [-0.39, 0.29) is 11.2 Å². The van der Waals surface area contributed by atoms with Crippen molar-refractivity contribution >= 4 is 16.9 Å². The zero-order valence-corrected chi connectivity index (χ0v) is 12.4. The molecule has 0 amide bonds. The predicted octanol–water partition coefficient (Wildman–Crippen LogP) is 2.88. The maximum absolute atomic E-state index is 12.4. The average molecular weight is 310 g/mol. The van der Waals surface area contributed by atoms with Gasteiger partial charge in [-0.2, -0.15) is 0 Å². The van der Waals surface area contributed by atoms with Gasteiger partial charge in [0.1, 0.15) is 11.3 Å². The van der Waals surface area contributed by atoms with E-state index in [0.29, 0.717) is 28.5 Å². The minimum Gasteiger partial charge on any atom is -0.508 e. The van der Waals surface area contributed by atoms with Crippen LogP contribution in [0.15, 0.2) is 57.9 Å². The second-order valence-corrected chi connectivity index (χ2v) is 5.14. The normalized spacial score (nSPS) is 10.7. The van der Waals surface area contributed by atoms with Gasteiger partial charge in [0.25, 0.3) is 0 Å². The van der Waals surface area contributed by atoms with Crippen molar-refractivity contribution in [2.45, 2.75) is 6.42 Å². The molecule has 0 fully saturated rings. The van der Waals surface area contributed by atoms with E-state index in [2.05, 4.69) is 4.74 Å². The van der Waals surface area contributed by atoms with Crippen LogP contribution < -0.4 is 5.43 Å². The summed E-state index contributed by atoms with van der Waals surface area (Å²) in [6.45, 7) is 0. The Bertz CT molecular complexity index is 922. The van der Waals surface area contributed by atoms with E-state index in [1.807, 2.05) is 0 Å². The minimum absolute atomic E-state index is 0.0480. The molecule has 0 spiro atoms. The second kappa shape index (κ2) is 5.96. The Morgan fingerprint density at radius 2 is 1.91 bits per heavy atom. The maximum atomic E-state index is 12.4. The molecular formula is C18H14O5. The van der Waals surface area contributed by atoms with Crippen LogP contribution in [0.3, 0.4) is 0 Å². The van der Waals surface area contributed by atoms with Gasteiger partial charge in [-0.05, 0) is 29.8 Å². The highest BCUT2D eigenvalue weighted by atomic mass is 16.5. The number of aromatic hydroxyl groups is 1. The van der Waals surface area contributed by atoms with Gasteiger partial charge < -0.3 is 14.3 Å². The first-order valence-corrected chi connectivity index (χ1v) is 6.99. The number of esters is 1. The van der Waals surface area contributed by atoms with Crippen LogP contribution >= 0.6 is 0 Å². The lowest BCUT2D eigenvalue weighted by molar-refractivity contribution is 0.0600. The van der Waals surface area contributed by atoms with Gasteiger partial charge in [0.05, 0.1) is 24.3 Å². The molecule has 3 rings (SSSR count). The van der Waals surface area contributed by atoms with Crippen LogP contribution in [-0.4, -0.2) is 18.2 Å². The van der Waals surface area contributed by atoms with Crippen molar-refractivity contribution in [2.75, 3.05) is 7.11 Å². The number of rotatable bonds is 3. The number of ether oxygens (including phenoxy) is 1. The third-order valence-corrected chi connectivity index (χ3v) is 3.60. The van der Waals surface area contributed by atoms with Gasteiger partial charge in [0.2, 0.25) is 0 Å². The molecule has 23 heavy (non-hydrogen) atoms. The van der Waals surface area contributed by atoms with Crippen molar-refractivity contribution in [1.29, 1.82) is 0 Å². The van der Waals surface area contributed by atoms with E-state index in [4.69, 9.17) is 4.42 Å². The summed E-state index contributed by atoms with van der Waals surface area (Å²) < 4.78 is 10.1. The van der Waals surface area contributed by atoms with Crippen molar-refractivity contribution in [3.05, 3.63) is 75.6 Å². The number of hydrogen-bond donors (Lipinski definition) is 1. The van der Waals surface area contributed by atoms with Crippen molar-refractivity contribution in [3.63, 3.8) is 0 Å². The predicted molar refractivity (Wildman–Crippen MR) is 84.7 cm³/mol. The number of phenols is 1. The van der Waals surface area contributed by atoms with Crippen molar-refractivity contribution < 1.29 is 19.1 Å². The smallest absolute Gasteiger partial charge is 0.337 e. The van der Waals surface area contributed by atoms with E-state index in [1.165, 1.54) is 25.5 Å². The molecule has 1 N–H and O–H groups in total. The summed E-state index contributed by atoms with van der Waals surface area (Å²) in [6.07, 6.45) is 1.79. The second-order valence-electron chi connectivity index (χ2n) is 5.14. The van der Waals surface area contributed by atoms with Crippen molar-refractivity contribution in [3.8, 4) is 5.75 Å². The molecule has 0 bridgehead atoms. The lowest BCUT2D eigenvalue weighted by atomic mass is 10.0. The molecule has 0 aliphatic carbocycles. The number of hydrogen-bond acceptors (Lipinski definition) is 5. The quantitative estimate of drug-likeness (QED) is 0.753. The van der Waals surface area contributed by atoms with Gasteiger partial charge in [0, 0.05) is 18.1 Å². The van der Waals surface area contributed by atoms with Gasteiger partial charge in [-0.1, -0.05) is 12.1 Å². The minimum atomic E-state index is -0.401. The van der Waals surface area contributed by atoms with Crippen LogP contribution in [0.1, 0.15) is 21.5 Å². The third kappa shape index (κ3) is 2.94. The van der Waals surface area contributed by atoms with Crippen LogP contribution in [-0.2, 0) is 11.2 Å². The molecule has 1 heterocycles. The van der Waals surface area contributed by atoms with Crippen LogP contribution in [0.4, 0.5) is 0 Å². The van der Waals surface area contributed by atoms with Crippen LogP contribution in [0.5, 0.6) is 5.75 Å². The number of benzene rings is 2. The molecule has 116 valence electrons. The summed E-state index contributed by atoms with van der Waals surface area (Å²) >= 11 is 0. The fourth-order valence-corrected chi connectivity index (χ4v) is 2.38. The number of phenolic OH excluding ortho intramolecular Hbond substituents is 1. The highest BCUT2D eigenvalue weighted by Crippen LogP contribution is 2.19. The average Bonchev–Trinajstić information content (AvgIpc) is 2.57. The Labute approximate surface area is 131 Å². The Kier molecular flexibility index (Phi) is 3.85. The Morgan fingerprint density at radius 1 is 1.17 bits per heavy atom. The highest BCUT2D eigenvalue weighted by Gasteiger charge is 2.09. The van der Waals surface area contributed by atoms with Gasteiger partial charge >= 0.3 is 5.97 Å². The summed E-state index contributed by atoms with van der Waals surface area (Å²) in [5.74, 6) is -0.353. The summed E-state index contributed by atoms with van der Waals surface area (Å²) in [5.41, 5.74) is 2.05. The molecule has 5 heteroatoms. The molecule has 0 aliphatic heterocycles. The van der Waals surface area contributed by atoms with Crippen LogP contribution in [0.2, 0.25) is 0 Å². The molecule has 1 aromatic heterocycles. The Balaban J connectivity index is 1.92.